The molecule has 0 fully saturated rings. The normalized spacial score (nSPS) is 12.4. The van der Waals surface area contributed by atoms with Crippen LogP contribution in [0, 0.1) is 0 Å². The Balaban J connectivity index is 3.84. The molecule has 0 atom stereocenters. The van der Waals surface area contributed by atoms with E-state index in [1.807, 2.05) is 6.08 Å². The summed E-state index contributed by atoms with van der Waals surface area (Å²) < 4.78 is 0. The third-order valence-electron chi connectivity index (χ3n) is 1.36. The Morgan fingerprint density at radius 1 is 1.50 bits per heavy atom. The van der Waals surface area contributed by atoms with E-state index in [-0.39, 0.29) is 0 Å². The summed E-state index contributed by atoms with van der Waals surface area (Å²) in [5, 5.41) is 0. The van der Waals surface area contributed by atoms with Crippen molar-refractivity contribution in [3.63, 3.8) is 0 Å². The minimum atomic E-state index is 1.17. The minimum absolute atomic E-state index is 1.17. The summed E-state index contributed by atoms with van der Waals surface area (Å²) in [5.41, 5.74) is 1.39. The lowest BCUT2D eigenvalue weighted by Crippen LogP contribution is -1.74. The molecule has 0 amide bonds. The fourth-order valence-electron chi connectivity index (χ4n) is 0.804. The van der Waals surface area contributed by atoms with Crippen molar-refractivity contribution in [2.45, 2.75) is 26.7 Å². The van der Waals surface area contributed by atoms with Gasteiger partial charge in [-0.15, -0.1) is 0 Å². The van der Waals surface area contributed by atoms with Gasteiger partial charge in [0, 0.05) is 0 Å². The smallest absolute Gasteiger partial charge is 0.0285 e. The van der Waals surface area contributed by atoms with Gasteiger partial charge in [0.25, 0.3) is 0 Å². The fourth-order valence-corrected chi connectivity index (χ4v) is 0.804. The first kappa shape index (κ1) is 9.22. The van der Waals surface area contributed by atoms with Crippen LogP contribution in [0.1, 0.15) is 26.7 Å². The summed E-state index contributed by atoms with van der Waals surface area (Å²) in [6.45, 7) is 7.87. The van der Waals surface area contributed by atoms with E-state index < -0.39 is 0 Å². The van der Waals surface area contributed by atoms with E-state index in [0.29, 0.717) is 0 Å². The quantitative estimate of drug-likeness (QED) is 0.519. The summed E-state index contributed by atoms with van der Waals surface area (Å²) in [6, 6.07) is 0. The zero-order valence-electron chi connectivity index (χ0n) is 6.93. The van der Waals surface area contributed by atoms with Gasteiger partial charge in [-0.1, -0.05) is 49.8 Å². The predicted molar refractivity (Wildman–Crippen MR) is 48.0 cm³/mol. The molecular weight excluding hydrogens is 120 g/mol. The van der Waals surface area contributed by atoms with Gasteiger partial charge in [0.1, 0.15) is 0 Å². The van der Waals surface area contributed by atoms with E-state index in [4.69, 9.17) is 0 Å². The van der Waals surface area contributed by atoms with E-state index in [2.05, 4.69) is 32.6 Å². The topological polar surface area (TPSA) is 0 Å². The second-order valence-corrected chi connectivity index (χ2v) is 2.21. The van der Waals surface area contributed by atoms with Crippen molar-refractivity contribution in [1.29, 1.82) is 0 Å². The van der Waals surface area contributed by atoms with Crippen LogP contribution in [0.2, 0.25) is 0 Å². The zero-order chi connectivity index (χ0) is 7.82. The highest BCUT2D eigenvalue weighted by molar-refractivity contribution is 5.20. The summed E-state index contributed by atoms with van der Waals surface area (Å²) in [6.07, 6.45) is 10.4. The van der Waals surface area contributed by atoms with E-state index in [0.717, 1.165) is 0 Å². The van der Waals surface area contributed by atoms with Gasteiger partial charge in [0.15, 0.2) is 0 Å². The molecule has 0 heteroatoms. The van der Waals surface area contributed by atoms with Crippen LogP contribution >= 0.6 is 0 Å². The average molecular weight is 136 g/mol. The Morgan fingerprint density at radius 2 is 2.20 bits per heavy atom. The molecule has 0 radical (unpaired) electrons. The molecule has 0 unspecified atom stereocenters. The largest absolute Gasteiger partial charge is 0.0991 e. The van der Waals surface area contributed by atoms with Crippen molar-refractivity contribution in [3.8, 4) is 0 Å². The average Bonchev–Trinajstić information content (AvgIpc) is 1.98. The van der Waals surface area contributed by atoms with Crippen molar-refractivity contribution in [3.05, 3.63) is 36.5 Å². The molecule has 56 valence electrons. The highest BCUT2D eigenvalue weighted by Gasteiger charge is 1.85. The van der Waals surface area contributed by atoms with Crippen LogP contribution in [0.5, 0.6) is 0 Å². The Morgan fingerprint density at radius 3 is 2.60 bits per heavy atom. The molecule has 0 aromatic heterocycles. The SMILES string of the molecule is C=C/C=C\C(=C/C)CCC. The monoisotopic (exact) mass is 136 g/mol. The maximum Gasteiger partial charge on any atom is -0.0285 e. The third kappa shape index (κ3) is 4.13. The summed E-state index contributed by atoms with van der Waals surface area (Å²) in [5.74, 6) is 0. The first-order chi connectivity index (χ1) is 4.85. The van der Waals surface area contributed by atoms with Crippen LogP contribution < -0.4 is 0 Å². The Hall–Kier alpha value is -0.780. The van der Waals surface area contributed by atoms with Crippen LogP contribution in [-0.2, 0) is 0 Å². The van der Waals surface area contributed by atoms with Crippen LogP contribution in [0.15, 0.2) is 36.5 Å². The first-order valence-electron chi connectivity index (χ1n) is 3.79. The molecule has 0 spiro atoms. The van der Waals surface area contributed by atoms with E-state index in [1.165, 1.54) is 18.4 Å². The van der Waals surface area contributed by atoms with Gasteiger partial charge in [-0.05, 0) is 13.3 Å². The maximum absolute atomic E-state index is 3.61. The molecule has 0 aliphatic carbocycles. The highest BCUT2D eigenvalue weighted by atomic mass is 13.9. The summed E-state index contributed by atoms with van der Waals surface area (Å²) in [4.78, 5) is 0. The van der Waals surface area contributed by atoms with Crippen molar-refractivity contribution >= 4 is 0 Å². The molecule has 0 nitrogen and oxygen atoms in total. The molecule has 0 saturated heterocycles. The number of rotatable bonds is 4. The molecule has 0 aliphatic rings. The van der Waals surface area contributed by atoms with Gasteiger partial charge in [-0.3, -0.25) is 0 Å². The predicted octanol–water partition coefficient (Wildman–Crippen LogP) is 3.48. The lowest BCUT2D eigenvalue weighted by Gasteiger charge is -1.94. The Kier molecular flexibility index (Phi) is 5.85. The fraction of sp³-hybridized carbons (Fsp3) is 0.400. The molecule has 0 rings (SSSR count). The summed E-state index contributed by atoms with van der Waals surface area (Å²) in [7, 11) is 0. The zero-order valence-corrected chi connectivity index (χ0v) is 6.93. The standard InChI is InChI=1S/C10H16/c1-4-7-9-10(6-3)8-5-2/h4,6-7,9H,1,5,8H2,2-3H3/b9-7-,10-6-. The van der Waals surface area contributed by atoms with Gasteiger partial charge in [0.05, 0.1) is 0 Å². The molecule has 0 aliphatic heterocycles. The lowest BCUT2D eigenvalue weighted by atomic mass is 10.1. The molecule has 0 heterocycles. The molecule has 0 N–H and O–H groups in total. The van der Waals surface area contributed by atoms with Gasteiger partial charge >= 0.3 is 0 Å². The van der Waals surface area contributed by atoms with Crippen LogP contribution in [0.25, 0.3) is 0 Å². The van der Waals surface area contributed by atoms with E-state index >= 15 is 0 Å². The maximum atomic E-state index is 3.61. The molecule has 10 heavy (non-hydrogen) atoms. The molecule has 0 saturated carbocycles. The van der Waals surface area contributed by atoms with Crippen LogP contribution in [-0.4, -0.2) is 0 Å². The number of hydrogen-bond acceptors (Lipinski definition) is 0. The number of allylic oxidation sites excluding steroid dienone is 5. The number of hydrogen-bond donors (Lipinski definition) is 0. The van der Waals surface area contributed by atoms with E-state index in [9.17, 15) is 0 Å². The molecule has 0 aromatic rings. The summed E-state index contributed by atoms with van der Waals surface area (Å²) >= 11 is 0. The highest BCUT2D eigenvalue weighted by Crippen LogP contribution is 2.05. The van der Waals surface area contributed by atoms with Crippen LogP contribution in [0.3, 0.4) is 0 Å². The van der Waals surface area contributed by atoms with Gasteiger partial charge < -0.3 is 0 Å². The Bertz CT molecular complexity index is 138. The van der Waals surface area contributed by atoms with Gasteiger partial charge in [-0.25, -0.2) is 0 Å². The second kappa shape index (κ2) is 6.34. The van der Waals surface area contributed by atoms with E-state index in [1.54, 1.807) is 6.08 Å². The molecular formula is C10H16. The molecule has 0 bridgehead atoms. The second-order valence-electron chi connectivity index (χ2n) is 2.21. The van der Waals surface area contributed by atoms with Crippen molar-refractivity contribution in [2.24, 2.45) is 0 Å². The minimum Gasteiger partial charge on any atom is -0.0991 e. The van der Waals surface area contributed by atoms with Crippen molar-refractivity contribution in [2.75, 3.05) is 0 Å². The third-order valence-corrected chi connectivity index (χ3v) is 1.36. The van der Waals surface area contributed by atoms with Crippen molar-refractivity contribution in [1.82, 2.24) is 0 Å². The van der Waals surface area contributed by atoms with Crippen LogP contribution in [0.4, 0.5) is 0 Å². The van der Waals surface area contributed by atoms with Gasteiger partial charge in [0.2, 0.25) is 0 Å². The lowest BCUT2D eigenvalue weighted by molar-refractivity contribution is 0.924. The molecule has 0 aromatic carbocycles. The Labute approximate surface area is 64.0 Å². The van der Waals surface area contributed by atoms with Crippen molar-refractivity contribution < 1.29 is 0 Å². The first-order valence-corrected chi connectivity index (χ1v) is 3.79. The van der Waals surface area contributed by atoms with Gasteiger partial charge in [-0.2, -0.15) is 0 Å².